The Morgan fingerprint density at radius 2 is 2.17 bits per heavy atom. The summed E-state index contributed by atoms with van der Waals surface area (Å²) in [6.07, 6.45) is 5.70. The Bertz CT molecular complexity index is 985. The zero-order valence-corrected chi connectivity index (χ0v) is 16.5. The number of nitrogens with zero attached hydrogens (tertiary/aromatic N) is 5. The monoisotopic (exact) mass is 395 g/mol. The summed E-state index contributed by atoms with van der Waals surface area (Å²) in [5, 5.41) is 23.6. The molecular formula is C20H25N7O2. The summed E-state index contributed by atoms with van der Waals surface area (Å²) >= 11 is 0. The molecule has 2 fully saturated rings. The number of hydrogen-bond donors (Lipinski definition) is 2. The molecule has 1 atom stereocenters. The number of ether oxygens (including phenoxy) is 2. The van der Waals surface area contributed by atoms with Crippen molar-refractivity contribution in [2.45, 2.75) is 31.2 Å². The molecule has 4 heterocycles. The van der Waals surface area contributed by atoms with Crippen molar-refractivity contribution >= 4 is 22.7 Å². The summed E-state index contributed by atoms with van der Waals surface area (Å²) in [7, 11) is 0. The fraction of sp³-hybridized carbons (Fsp3) is 0.500. The van der Waals surface area contributed by atoms with Crippen LogP contribution in [0.2, 0.25) is 0 Å². The lowest BCUT2D eigenvalue weighted by Crippen LogP contribution is -2.44. The second kappa shape index (κ2) is 7.81. The van der Waals surface area contributed by atoms with Gasteiger partial charge in [0, 0.05) is 25.1 Å². The second-order valence-electron chi connectivity index (χ2n) is 7.49. The van der Waals surface area contributed by atoms with Gasteiger partial charge in [-0.05, 0) is 43.7 Å². The molecule has 2 aromatic rings. The van der Waals surface area contributed by atoms with Gasteiger partial charge >= 0.3 is 0 Å². The van der Waals surface area contributed by atoms with Crippen LogP contribution in [0.4, 0.5) is 5.82 Å². The van der Waals surface area contributed by atoms with Gasteiger partial charge in [-0.3, -0.25) is 5.41 Å². The number of allylic oxidation sites excluding steroid dienone is 1. The molecule has 2 aliphatic heterocycles. The maximum absolute atomic E-state index is 10.2. The minimum Gasteiger partial charge on any atom is -0.404 e. The number of nitrogens with two attached hydrogens (primary N) is 1. The fourth-order valence-corrected chi connectivity index (χ4v) is 4.10. The van der Waals surface area contributed by atoms with E-state index in [-0.39, 0.29) is 11.9 Å². The number of pyridine rings is 1. The van der Waals surface area contributed by atoms with Crippen LogP contribution in [0, 0.1) is 16.7 Å². The van der Waals surface area contributed by atoms with Crippen molar-refractivity contribution in [3.8, 4) is 6.07 Å². The van der Waals surface area contributed by atoms with E-state index in [4.69, 9.17) is 25.6 Å². The molecule has 2 saturated heterocycles. The number of aromatic nitrogens is 3. The molecule has 4 rings (SSSR count). The highest BCUT2D eigenvalue weighted by molar-refractivity contribution is 5.98. The molecule has 2 aliphatic rings. The van der Waals surface area contributed by atoms with Gasteiger partial charge in [0.1, 0.15) is 11.7 Å². The van der Waals surface area contributed by atoms with Crippen LogP contribution in [-0.4, -0.2) is 59.6 Å². The molecule has 0 aliphatic carbocycles. The van der Waals surface area contributed by atoms with Crippen LogP contribution < -0.4 is 10.6 Å². The first kappa shape index (κ1) is 19.4. The molecule has 3 N–H and O–H groups in total. The highest BCUT2D eigenvalue weighted by atomic mass is 16.5. The Kier molecular flexibility index (Phi) is 5.22. The van der Waals surface area contributed by atoms with Crippen LogP contribution in [-0.2, 0) is 14.9 Å². The summed E-state index contributed by atoms with van der Waals surface area (Å²) in [6.45, 7) is 5.14. The van der Waals surface area contributed by atoms with Gasteiger partial charge in [0.25, 0.3) is 0 Å². The van der Waals surface area contributed by atoms with Crippen molar-refractivity contribution in [2.75, 3.05) is 37.9 Å². The zero-order chi connectivity index (χ0) is 20.4. The Balaban J connectivity index is 1.93. The molecule has 152 valence electrons. The first-order valence-corrected chi connectivity index (χ1v) is 9.79. The quantitative estimate of drug-likeness (QED) is 0.596. The number of rotatable bonds is 3. The topological polar surface area (TPSA) is 126 Å². The van der Waals surface area contributed by atoms with E-state index in [0.29, 0.717) is 44.9 Å². The SMILES string of the molecule is C[C@@H]1COCCN1c1cc(C2(C#N)CCOCC2)c2cnn(C(=N)/C=C\N)c2n1. The minimum absolute atomic E-state index is 0.117. The molecule has 29 heavy (non-hydrogen) atoms. The normalized spacial score (nSPS) is 22.1. The lowest BCUT2D eigenvalue weighted by Gasteiger charge is -2.36. The van der Waals surface area contributed by atoms with Gasteiger partial charge in [0.2, 0.25) is 0 Å². The van der Waals surface area contributed by atoms with Gasteiger partial charge in [0.05, 0.1) is 36.9 Å². The van der Waals surface area contributed by atoms with Gasteiger partial charge in [-0.2, -0.15) is 15.0 Å². The smallest absolute Gasteiger partial charge is 0.167 e. The van der Waals surface area contributed by atoms with Crippen LogP contribution in [0.1, 0.15) is 25.3 Å². The van der Waals surface area contributed by atoms with E-state index in [9.17, 15) is 5.26 Å². The number of hydrogen-bond acceptors (Lipinski definition) is 8. The standard InChI is InChI=1S/C20H25N7O2/c1-14-12-29-9-6-26(14)18-10-16(20(13-22)3-7-28-8-4-20)15-11-24-27(19(15)25-18)17(23)2-5-21/h2,5,10-11,14,23H,3-4,6-9,12,21H2,1H3/b5-2-,23-17?/t14-/m1/s1. The fourth-order valence-electron chi connectivity index (χ4n) is 4.10. The van der Waals surface area contributed by atoms with Crippen molar-refractivity contribution in [1.29, 1.82) is 10.7 Å². The average molecular weight is 395 g/mol. The third-order valence-corrected chi connectivity index (χ3v) is 5.75. The Morgan fingerprint density at radius 3 is 2.86 bits per heavy atom. The summed E-state index contributed by atoms with van der Waals surface area (Å²) in [5.74, 6) is 0.891. The number of nitrogens with one attached hydrogen (secondary N) is 1. The molecule has 0 amide bonds. The van der Waals surface area contributed by atoms with E-state index in [1.54, 1.807) is 6.20 Å². The lowest BCUT2D eigenvalue weighted by molar-refractivity contribution is 0.0679. The Hall–Kier alpha value is -2.96. The van der Waals surface area contributed by atoms with E-state index in [0.717, 1.165) is 23.3 Å². The number of anilines is 1. The third kappa shape index (κ3) is 3.34. The summed E-state index contributed by atoms with van der Waals surface area (Å²) in [4.78, 5) is 7.04. The van der Waals surface area contributed by atoms with Crippen molar-refractivity contribution in [2.24, 2.45) is 5.73 Å². The van der Waals surface area contributed by atoms with E-state index < -0.39 is 5.41 Å². The van der Waals surface area contributed by atoms with E-state index in [1.807, 2.05) is 6.07 Å². The van der Waals surface area contributed by atoms with Gasteiger partial charge in [-0.1, -0.05) is 0 Å². The van der Waals surface area contributed by atoms with Crippen molar-refractivity contribution < 1.29 is 9.47 Å². The molecule has 0 unspecified atom stereocenters. The van der Waals surface area contributed by atoms with Crippen LogP contribution in [0.25, 0.3) is 11.0 Å². The molecule has 9 heteroatoms. The summed E-state index contributed by atoms with van der Waals surface area (Å²) in [5.41, 5.74) is 6.27. The Labute approximate surface area is 169 Å². The maximum Gasteiger partial charge on any atom is 0.167 e. The van der Waals surface area contributed by atoms with Crippen molar-refractivity contribution in [3.63, 3.8) is 0 Å². The highest BCUT2D eigenvalue weighted by Gasteiger charge is 2.38. The number of fused-ring (bicyclic) bond motifs is 1. The zero-order valence-electron chi connectivity index (χ0n) is 16.5. The molecule has 9 nitrogen and oxygen atoms in total. The average Bonchev–Trinajstić information content (AvgIpc) is 3.18. The van der Waals surface area contributed by atoms with Crippen LogP contribution in [0.5, 0.6) is 0 Å². The van der Waals surface area contributed by atoms with Crippen molar-refractivity contribution in [1.82, 2.24) is 14.8 Å². The minimum atomic E-state index is -0.663. The van der Waals surface area contributed by atoms with Gasteiger partial charge in [-0.15, -0.1) is 0 Å². The summed E-state index contributed by atoms with van der Waals surface area (Å²) < 4.78 is 12.6. The van der Waals surface area contributed by atoms with E-state index in [1.165, 1.54) is 17.0 Å². The van der Waals surface area contributed by atoms with Crippen LogP contribution in [0.3, 0.4) is 0 Å². The third-order valence-electron chi connectivity index (χ3n) is 5.75. The number of morpholine rings is 1. The molecule has 0 spiro atoms. The first-order valence-electron chi connectivity index (χ1n) is 9.79. The van der Waals surface area contributed by atoms with Gasteiger partial charge in [-0.25, -0.2) is 4.98 Å². The Morgan fingerprint density at radius 1 is 1.38 bits per heavy atom. The van der Waals surface area contributed by atoms with Gasteiger partial charge < -0.3 is 20.1 Å². The van der Waals surface area contributed by atoms with Crippen LogP contribution >= 0.6 is 0 Å². The molecule has 0 radical (unpaired) electrons. The molecule has 0 saturated carbocycles. The molecule has 2 aromatic heterocycles. The second-order valence-corrected chi connectivity index (χ2v) is 7.49. The lowest BCUT2D eigenvalue weighted by atomic mass is 9.74. The predicted molar refractivity (Wildman–Crippen MR) is 109 cm³/mol. The molecular weight excluding hydrogens is 370 g/mol. The molecule has 0 bridgehead atoms. The summed E-state index contributed by atoms with van der Waals surface area (Å²) in [6, 6.07) is 4.74. The highest BCUT2D eigenvalue weighted by Crippen LogP contribution is 2.39. The van der Waals surface area contributed by atoms with Crippen LogP contribution in [0.15, 0.2) is 24.5 Å². The van der Waals surface area contributed by atoms with E-state index >= 15 is 0 Å². The maximum atomic E-state index is 10.2. The number of nitriles is 1. The van der Waals surface area contributed by atoms with Gasteiger partial charge in [0.15, 0.2) is 5.65 Å². The first-order chi connectivity index (χ1) is 14.1. The van der Waals surface area contributed by atoms with E-state index in [2.05, 4.69) is 23.0 Å². The predicted octanol–water partition coefficient (Wildman–Crippen LogP) is 1.53. The largest absolute Gasteiger partial charge is 0.404 e. The van der Waals surface area contributed by atoms with Crippen molar-refractivity contribution in [3.05, 3.63) is 30.1 Å². The molecule has 0 aromatic carbocycles.